The van der Waals surface area contributed by atoms with Gasteiger partial charge in [-0.15, -0.1) is 0 Å². The van der Waals surface area contributed by atoms with Crippen LogP contribution in [0.5, 0.6) is 5.75 Å². The Morgan fingerprint density at radius 3 is 2.75 bits per heavy atom. The normalized spacial score (nSPS) is 15.4. The number of rotatable bonds is 3. The molecule has 104 valence electrons. The first-order chi connectivity index (χ1) is 9.85. The molecule has 1 aliphatic rings. The minimum atomic E-state index is 0.962. The van der Waals surface area contributed by atoms with E-state index in [1.165, 1.54) is 16.7 Å². The van der Waals surface area contributed by atoms with E-state index in [1.54, 1.807) is 7.11 Å². The molecule has 0 saturated carbocycles. The number of hydrogen-bond acceptors (Lipinski definition) is 3. The van der Waals surface area contributed by atoms with Crippen LogP contribution in [0.4, 0.5) is 0 Å². The molecule has 0 N–H and O–H groups in total. The lowest BCUT2D eigenvalue weighted by molar-refractivity contribution is 0.279. The molecule has 3 nitrogen and oxygen atoms in total. The van der Waals surface area contributed by atoms with Crippen LogP contribution in [-0.2, 0) is 19.4 Å². The number of hydrogen-bond donors (Lipinski definition) is 0. The van der Waals surface area contributed by atoms with Gasteiger partial charge >= 0.3 is 0 Å². The zero-order valence-corrected chi connectivity index (χ0v) is 11.9. The highest BCUT2D eigenvalue weighted by molar-refractivity contribution is 5.36. The van der Waals surface area contributed by atoms with Crippen LogP contribution >= 0.6 is 0 Å². The van der Waals surface area contributed by atoms with E-state index < -0.39 is 0 Å². The molecular formula is C17H20N2O. The Labute approximate surface area is 120 Å². The van der Waals surface area contributed by atoms with Crippen molar-refractivity contribution >= 4 is 0 Å². The first-order valence-corrected chi connectivity index (χ1v) is 7.12. The van der Waals surface area contributed by atoms with Gasteiger partial charge in [-0.3, -0.25) is 9.88 Å². The van der Waals surface area contributed by atoms with Gasteiger partial charge in [-0.1, -0.05) is 12.1 Å². The van der Waals surface area contributed by atoms with E-state index >= 15 is 0 Å². The van der Waals surface area contributed by atoms with Crippen LogP contribution in [0.3, 0.4) is 0 Å². The van der Waals surface area contributed by atoms with Crippen LogP contribution in [0, 0.1) is 0 Å². The van der Waals surface area contributed by atoms with Crippen molar-refractivity contribution in [2.75, 3.05) is 20.2 Å². The Morgan fingerprint density at radius 1 is 1.15 bits per heavy atom. The van der Waals surface area contributed by atoms with Crippen LogP contribution in [-0.4, -0.2) is 30.1 Å². The third-order valence-electron chi connectivity index (χ3n) is 3.94. The van der Waals surface area contributed by atoms with E-state index in [-0.39, 0.29) is 0 Å². The molecule has 2 heterocycles. The highest BCUT2D eigenvalue weighted by Crippen LogP contribution is 2.22. The molecule has 0 fully saturated rings. The number of benzene rings is 1. The number of ether oxygens (including phenoxy) is 1. The molecule has 0 spiro atoms. The average Bonchev–Trinajstić information content (AvgIpc) is 2.70. The predicted octanol–water partition coefficient (Wildman–Crippen LogP) is 2.69. The van der Waals surface area contributed by atoms with Gasteiger partial charge in [0.2, 0.25) is 0 Å². The van der Waals surface area contributed by atoms with Gasteiger partial charge in [0, 0.05) is 32.0 Å². The highest BCUT2D eigenvalue weighted by atomic mass is 16.5. The molecule has 1 aromatic carbocycles. The van der Waals surface area contributed by atoms with Crippen molar-refractivity contribution in [3.63, 3.8) is 0 Å². The van der Waals surface area contributed by atoms with Crippen LogP contribution in [0.25, 0.3) is 0 Å². The Hall–Kier alpha value is -1.87. The first kappa shape index (κ1) is 13.1. The SMILES string of the molecule is COc1ccc2c(c1)CCN(Cc1cccnc1)CC2. The second-order valence-electron chi connectivity index (χ2n) is 5.27. The fraction of sp³-hybridized carbons (Fsp3) is 0.353. The molecule has 3 heteroatoms. The van der Waals surface area contributed by atoms with Gasteiger partial charge in [0.15, 0.2) is 0 Å². The summed E-state index contributed by atoms with van der Waals surface area (Å²) in [6.45, 7) is 3.18. The van der Waals surface area contributed by atoms with Crippen molar-refractivity contribution in [2.45, 2.75) is 19.4 Å². The smallest absolute Gasteiger partial charge is 0.119 e. The predicted molar refractivity (Wildman–Crippen MR) is 79.9 cm³/mol. The van der Waals surface area contributed by atoms with Gasteiger partial charge < -0.3 is 4.74 Å². The van der Waals surface area contributed by atoms with E-state index in [9.17, 15) is 0 Å². The van der Waals surface area contributed by atoms with Crippen molar-refractivity contribution in [2.24, 2.45) is 0 Å². The molecule has 1 aromatic heterocycles. The number of nitrogens with zero attached hydrogens (tertiary/aromatic N) is 2. The summed E-state index contributed by atoms with van der Waals surface area (Å²) in [6, 6.07) is 10.6. The van der Waals surface area contributed by atoms with Crippen LogP contribution in [0.2, 0.25) is 0 Å². The summed E-state index contributed by atoms with van der Waals surface area (Å²) in [5.41, 5.74) is 4.17. The number of aromatic nitrogens is 1. The van der Waals surface area contributed by atoms with Crippen LogP contribution < -0.4 is 4.74 Å². The maximum atomic E-state index is 5.32. The number of fused-ring (bicyclic) bond motifs is 1. The maximum absolute atomic E-state index is 5.32. The largest absolute Gasteiger partial charge is 0.497 e. The molecule has 2 aromatic rings. The summed E-state index contributed by atoms with van der Waals surface area (Å²) in [5.74, 6) is 0.962. The lowest BCUT2D eigenvalue weighted by Gasteiger charge is -2.19. The minimum absolute atomic E-state index is 0.962. The summed E-state index contributed by atoms with van der Waals surface area (Å²) in [4.78, 5) is 6.70. The Bertz CT molecular complexity index is 568. The van der Waals surface area contributed by atoms with Crippen LogP contribution in [0.1, 0.15) is 16.7 Å². The van der Waals surface area contributed by atoms with E-state index in [1.807, 2.05) is 18.5 Å². The molecule has 20 heavy (non-hydrogen) atoms. The monoisotopic (exact) mass is 268 g/mol. The van der Waals surface area contributed by atoms with E-state index in [0.717, 1.165) is 38.2 Å². The molecule has 3 rings (SSSR count). The molecule has 0 radical (unpaired) electrons. The molecule has 0 amide bonds. The van der Waals surface area contributed by atoms with Gasteiger partial charge in [0.25, 0.3) is 0 Å². The second-order valence-corrected chi connectivity index (χ2v) is 5.27. The highest BCUT2D eigenvalue weighted by Gasteiger charge is 2.14. The number of pyridine rings is 1. The molecule has 0 atom stereocenters. The zero-order chi connectivity index (χ0) is 13.8. The Morgan fingerprint density at radius 2 is 2.00 bits per heavy atom. The maximum Gasteiger partial charge on any atom is 0.119 e. The summed E-state index contributed by atoms with van der Waals surface area (Å²) >= 11 is 0. The zero-order valence-electron chi connectivity index (χ0n) is 11.9. The fourth-order valence-corrected chi connectivity index (χ4v) is 2.78. The quantitative estimate of drug-likeness (QED) is 0.856. The molecule has 0 saturated heterocycles. The Kier molecular flexibility index (Phi) is 3.97. The third-order valence-corrected chi connectivity index (χ3v) is 3.94. The van der Waals surface area contributed by atoms with E-state index in [2.05, 4.69) is 34.1 Å². The molecule has 0 aliphatic carbocycles. The minimum Gasteiger partial charge on any atom is -0.497 e. The summed E-state index contributed by atoms with van der Waals surface area (Å²) in [7, 11) is 1.73. The van der Waals surface area contributed by atoms with Crippen LogP contribution in [0.15, 0.2) is 42.7 Å². The number of methoxy groups -OCH3 is 1. The standard InChI is InChI=1S/C17H20N2O/c1-20-17-5-4-15-6-9-19(10-7-16(15)11-17)13-14-3-2-8-18-12-14/h2-5,8,11-12H,6-7,9-10,13H2,1H3. The van der Waals surface area contributed by atoms with Gasteiger partial charge in [-0.05, 0) is 47.7 Å². The summed E-state index contributed by atoms with van der Waals surface area (Å²) in [5, 5.41) is 0. The lowest BCUT2D eigenvalue weighted by Crippen LogP contribution is -2.25. The van der Waals surface area contributed by atoms with E-state index in [0.29, 0.717) is 0 Å². The van der Waals surface area contributed by atoms with Crippen molar-refractivity contribution in [3.8, 4) is 5.75 Å². The van der Waals surface area contributed by atoms with Crippen molar-refractivity contribution in [1.29, 1.82) is 0 Å². The summed E-state index contributed by atoms with van der Waals surface area (Å²) < 4.78 is 5.32. The molecule has 0 unspecified atom stereocenters. The molecular weight excluding hydrogens is 248 g/mol. The molecule has 0 bridgehead atoms. The fourth-order valence-electron chi connectivity index (χ4n) is 2.78. The average molecular weight is 268 g/mol. The van der Waals surface area contributed by atoms with Gasteiger partial charge in [-0.25, -0.2) is 0 Å². The van der Waals surface area contributed by atoms with E-state index in [4.69, 9.17) is 4.74 Å². The molecule has 1 aliphatic heterocycles. The first-order valence-electron chi connectivity index (χ1n) is 7.12. The summed E-state index contributed by atoms with van der Waals surface area (Å²) in [6.07, 6.45) is 5.99. The van der Waals surface area contributed by atoms with Gasteiger partial charge in [-0.2, -0.15) is 0 Å². The van der Waals surface area contributed by atoms with Crippen molar-refractivity contribution in [3.05, 3.63) is 59.4 Å². The van der Waals surface area contributed by atoms with Crippen molar-refractivity contribution < 1.29 is 4.74 Å². The van der Waals surface area contributed by atoms with Gasteiger partial charge in [0.05, 0.1) is 7.11 Å². The van der Waals surface area contributed by atoms with Gasteiger partial charge in [0.1, 0.15) is 5.75 Å². The topological polar surface area (TPSA) is 25.4 Å². The Balaban J connectivity index is 1.69. The second kappa shape index (κ2) is 6.06. The van der Waals surface area contributed by atoms with Crippen molar-refractivity contribution in [1.82, 2.24) is 9.88 Å². The third kappa shape index (κ3) is 2.99. The lowest BCUT2D eigenvalue weighted by atomic mass is 10.0.